The number of rotatable bonds is 3. The molecule has 0 aliphatic carbocycles. The van der Waals surface area contributed by atoms with Gasteiger partial charge in [-0.05, 0) is 18.2 Å². The monoisotopic (exact) mass is 305 g/mol. The van der Waals surface area contributed by atoms with Crippen LogP contribution < -0.4 is 5.32 Å². The molecule has 0 saturated heterocycles. The van der Waals surface area contributed by atoms with Crippen molar-refractivity contribution in [2.75, 3.05) is 12.4 Å². The molecule has 9 heteroatoms. The number of halogens is 2. The fraction of sp³-hybridized carbons (Fsp3) is 0.0833. The number of nitrogens with one attached hydrogen (secondary N) is 1. The minimum atomic E-state index is -0.466. The molecule has 0 fully saturated rings. The molecule has 3 rings (SSSR count). The molecule has 0 saturated carbocycles. The van der Waals surface area contributed by atoms with Gasteiger partial charge in [0.15, 0.2) is 5.82 Å². The normalized spacial score (nSPS) is 10.6. The zero-order chi connectivity index (χ0) is 14.8. The molecule has 0 bridgehead atoms. The summed E-state index contributed by atoms with van der Waals surface area (Å²) in [6.07, 6.45) is 2.82. The summed E-state index contributed by atoms with van der Waals surface area (Å²) in [7, 11) is 1.67. The van der Waals surface area contributed by atoms with Crippen LogP contribution in [-0.4, -0.2) is 36.8 Å². The van der Waals surface area contributed by atoms with Crippen LogP contribution in [0.4, 0.5) is 10.3 Å². The van der Waals surface area contributed by atoms with Crippen molar-refractivity contribution in [3.63, 3.8) is 0 Å². The Kier molecular flexibility index (Phi) is 3.44. The molecular formula is C12H9ClFN7. The number of nitrogens with zero attached hydrogens (tertiary/aromatic N) is 6. The van der Waals surface area contributed by atoms with Gasteiger partial charge in [0.25, 0.3) is 5.95 Å². The standard InChI is InChI=1S/C12H9ClFN7/c1-15-11-18-10(7-2-8(13)4-9(14)3-7)19-12(20-11)21-6-16-5-17-21/h2-6H,1H3,(H,15,18,19,20). The largest absolute Gasteiger partial charge is 0.357 e. The summed E-state index contributed by atoms with van der Waals surface area (Å²) >= 11 is 5.86. The molecule has 2 aromatic heterocycles. The van der Waals surface area contributed by atoms with Crippen LogP contribution in [0.5, 0.6) is 0 Å². The summed E-state index contributed by atoms with van der Waals surface area (Å²) in [6, 6.07) is 4.08. The number of anilines is 1. The van der Waals surface area contributed by atoms with Gasteiger partial charge in [0, 0.05) is 17.6 Å². The van der Waals surface area contributed by atoms with E-state index in [1.165, 1.54) is 29.5 Å². The average molecular weight is 306 g/mol. The molecular weight excluding hydrogens is 297 g/mol. The molecule has 7 nitrogen and oxygen atoms in total. The summed E-state index contributed by atoms with van der Waals surface area (Å²) in [5.41, 5.74) is 0.445. The van der Waals surface area contributed by atoms with E-state index in [0.29, 0.717) is 11.5 Å². The molecule has 0 radical (unpaired) electrons. The first-order valence-electron chi connectivity index (χ1n) is 5.91. The lowest BCUT2D eigenvalue weighted by Crippen LogP contribution is -2.08. The zero-order valence-electron chi connectivity index (χ0n) is 10.8. The topological polar surface area (TPSA) is 81.4 Å². The van der Waals surface area contributed by atoms with Crippen molar-refractivity contribution in [1.82, 2.24) is 29.7 Å². The minimum absolute atomic E-state index is 0.263. The molecule has 0 unspecified atom stereocenters. The first kappa shape index (κ1) is 13.4. The predicted molar refractivity (Wildman–Crippen MR) is 74.7 cm³/mol. The van der Waals surface area contributed by atoms with E-state index in [-0.39, 0.29) is 16.8 Å². The van der Waals surface area contributed by atoms with Gasteiger partial charge < -0.3 is 5.32 Å². The van der Waals surface area contributed by atoms with E-state index in [9.17, 15) is 4.39 Å². The quantitative estimate of drug-likeness (QED) is 0.796. The van der Waals surface area contributed by atoms with Crippen LogP contribution in [-0.2, 0) is 0 Å². The van der Waals surface area contributed by atoms with Crippen LogP contribution in [0.3, 0.4) is 0 Å². The lowest BCUT2D eigenvalue weighted by atomic mass is 10.2. The zero-order valence-corrected chi connectivity index (χ0v) is 11.6. The van der Waals surface area contributed by atoms with Gasteiger partial charge in [-0.1, -0.05) is 11.6 Å². The van der Waals surface area contributed by atoms with Crippen molar-refractivity contribution in [3.05, 3.63) is 41.7 Å². The Morgan fingerprint density at radius 1 is 1.19 bits per heavy atom. The van der Waals surface area contributed by atoms with Crippen molar-refractivity contribution in [2.45, 2.75) is 0 Å². The molecule has 0 spiro atoms. The van der Waals surface area contributed by atoms with Gasteiger partial charge in [-0.15, -0.1) is 0 Å². The maximum Gasteiger partial charge on any atom is 0.257 e. The van der Waals surface area contributed by atoms with Crippen molar-refractivity contribution in [2.24, 2.45) is 0 Å². The SMILES string of the molecule is CNc1nc(-c2cc(F)cc(Cl)c2)nc(-n2cncn2)n1. The minimum Gasteiger partial charge on any atom is -0.357 e. The molecule has 1 aromatic carbocycles. The Morgan fingerprint density at radius 2 is 2.05 bits per heavy atom. The Morgan fingerprint density at radius 3 is 2.71 bits per heavy atom. The summed E-state index contributed by atoms with van der Waals surface area (Å²) in [4.78, 5) is 16.4. The van der Waals surface area contributed by atoms with Gasteiger partial charge in [-0.25, -0.2) is 9.37 Å². The maximum absolute atomic E-state index is 13.5. The lowest BCUT2D eigenvalue weighted by Gasteiger charge is -2.07. The Labute approximate surface area is 123 Å². The molecule has 106 valence electrons. The first-order chi connectivity index (χ1) is 10.2. The predicted octanol–water partition coefficient (Wildman–Crippen LogP) is 1.95. The average Bonchev–Trinajstić information content (AvgIpc) is 3.00. The van der Waals surface area contributed by atoms with Crippen LogP contribution in [0.2, 0.25) is 5.02 Å². The van der Waals surface area contributed by atoms with Crippen LogP contribution in [0.15, 0.2) is 30.9 Å². The molecule has 1 N–H and O–H groups in total. The van der Waals surface area contributed by atoms with Gasteiger partial charge in [0.1, 0.15) is 18.5 Å². The van der Waals surface area contributed by atoms with Crippen molar-refractivity contribution >= 4 is 17.5 Å². The maximum atomic E-state index is 13.5. The molecule has 0 atom stereocenters. The Balaban J connectivity index is 2.15. The number of hydrogen-bond acceptors (Lipinski definition) is 6. The third-order valence-corrected chi connectivity index (χ3v) is 2.81. The van der Waals surface area contributed by atoms with Crippen LogP contribution in [0, 0.1) is 5.82 Å². The number of hydrogen-bond donors (Lipinski definition) is 1. The van der Waals surface area contributed by atoms with Crippen molar-refractivity contribution in [3.8, 4) is 17.3 Å². The lowest BCUT2D eigenvalue weighted by molar-refractivity contribution is 0.628. The molecule has 2 heterocycles. The molecule has 0 amide bonds. The fourth-order valence-corrected chi connectivity index (χ4v) is 1.92. The Bertz CT molecular complexity index is 755. The highest BCUT2D eigenvalue weighted by atomic mass is 35.5. The highest BCUT2D eigenvalue weighted by molar-refractivity contribution is 6.30. The Hall–Kier alpha value is -2.61. The van der Waals surface area contributed by atoms with E-state index in [1.54, 1.807) is 13.1 Å². The second-order valence-corrected chi connectivity index (χ2v) is 4.47. The highest BCUT2D eigenvalue weighted by Crippen LogP contribution is 2.22. The summed E-state index contributed by atoms with van der Waals surface area (Å²) in [6.45, 7) is 0. The van der Waals surface area contributed by atoms with Gasteiger partial charge in [0.2, 0.25) is 5.95 Å². The number of benzene rings is 1. The summed E-state index contributed by atoms with van der Waals surface area (Å²) in [5, 5.41) is 7.04. The number of aromatic nitrogens is 6. The molecule has 21 heavy (non-hydrogen) atoms. The second kappa shape index (κ2) is 5.41. The van der Waals surface area contributed by atoms with Crippen LogP contribution in [0.1, 0.15) is 0 Å². The van der Waals surface area contributed by atoms with Gasteiger partial charge >= 0.3 is 0 Å². The highest BCUT2D eigenvalue weighted by Gasteiger charge is 2.11. The third-order valence-electron chi connectivity index (χ3n) is 2.59. The van der Waals surface area contributed by atoms with Gasteiger partial charge in [-0.3, -0.25) is 0 Å². The summed E-state index contributed by atoms with van der Waals surface area (Å²) in [5.74, 6) is 0.403. The van der Waals surface area contributed by atoms with Crippen LogP contribution >= 0.6 is 11.6 Å². The second-order valence-electron chi connectivity index (χ2n) is 4.03. The smallest absolute Gasteiger partial charge is 0.257 e. The van der Waals surface area contributed by atoms with Crippen molar-refractivity contribution in [1.29, 1.82) is 0 Å². The summed E-state index contributed by atoms with van der Waals surface area (Å²) < 4.78 is 14.9. The molecule has 0 aliphatic rings. The van der Waals surface area contributed by atoms with E-state index >= 15 is 0 Å². The van der Waals surface area contributed by atoms with Crippen LogP contribution in [0.25, 0.3) is 17.3 Å². The third kappa shape index (κ3) is 2.79. The van der Waals surface area contributed by atoms with E-state index in [4.69, 9.17) is 11.6 Å². The van der Waals surface area contributed by atoms with Crippen molar-refractivity contribution < 1.29 is 4.39 Å². The fourth-order valence-electron chi connectivity index (χ4n) is 1.70. The molecule has 3 aromatic rings. The van der Waals surface area contributed by atoms with E-state index < -0.39 is 5.82 Å². The first-order valence-corrected chi connectivity index (χ1v) is 6.29. The van der Waals surface area contributed by atoms with E-state index in [2.05, 4.69) is 30.4 Å². The van der Waals surface area contributed by atoms with E-state index in [1.807, 2.05) is 0 Å². The van der Waals surface area contributed by atoms with Gasteiger partial charge in [-0.2, -0.15) is 24.7 Å². The molecule has 0 aliphatic heterocycles. The van der Waals surface area contributed by atoms with E-state index in [0.717, 1.165) is 0 Å². The van der Waals surface area contributed by atoms with Gasteiger partial charge in [0.05, 0.1) is 0 Å².